The molecule has 2 atom stereocenters. The van der Waals surface area contributed by atoms with E-state index in [1.165, 1.54) is 18.2 Å². The fraction of sp³-hybridized carbons (Fsp3) is 0.500. The summed E-state index contributed by atoms with van der Waals surface area (Å²) in [5, 5.41) is 23.4. The highest BCUT2D eigenvalue weighted by Gasteiger charge is 2.26. The molecule has 0 aliphatic heterocycles. The van der Waals surface area contributed by atoms with Crippen LogP contribution in [0, 0.1) is 16.0 Å². The van der Waals surface area contributed by atoms with Crippen LogP contribution >= 0.6 is 0 Å². The molecule has 1 amide bonds. The third-order valence-corrected chi connectivity index (χ3v) is 3.88. The average Bonchev–Trinajstić information content (AvgIpc) is 2.41. The first kappa shape index (κ1) is 14.3. The quantitative estimate of drug-likeness (QED) is 0.656. The van der Waals surface area contributed by atoms with Crippen molar-refractivity contribution in [3.8, 4) is 5.75 Å². The van der Waals surface area contributed by atoms with Crippen LogP contribution in [0.25, 0.3) is 0 Å². The molecule has 1 saturated carbocycles. The van der Waals surface area contributed by atoms with E-state index in [-0.39, 0.29) is 11.6 Å². The molecule has 0 heterocycles. The van der Waals surface area contributed by atoms with Crippen molar-refractivity contribution in [2.45, 2.75) is 38.6 Å². The summed E-state index contributed by atoms with van der Waals surface area (Å²) in [7, 11) is 0. The molecule has 2 rings (SSSR count). The fourth-order valence-corrected chi connectivity index (χ4v) is 2.64. The lowest BCUT2D eigenvalue weighted by molar-refractivity contribution is -0.385. The minimum absolute atomic E-state index is 0.0445. The first-order valence-corrected chi connectivity index (χ1v) is 6.78. The molecule has 6 heteroatoms. The molecule has 1 fully saturated rings. The summed E-state index contributed by atoms with van der Waals surface area (Å²) < 4.78 is 0. The SMILES string of the molecule is CC1CCCCC1NC(=O)c1cccc([N+](=O)[O-])c1O. The lowest BCUT2D eigenvalue weighted by Gasteiger charge is -2.29. The zero-order chi connectivity index (χ0) is 14.7. The summed E-state index contributed by atoms with van der Waals surface area (Å²) in [6.07, 6.45) is 4.19. The van der Waals surface area contributed by atoms with Crippen LogP contribution in [0.1, 0.15) is 43.0 Å². The maximum Gasteiger partial charge on any atom is 0.311 e. The van der Waals surface area contributed by atoms with Crippen molar-refractivity contribution in [2.24, 2.45) is 5.92 Å². The molecule has 6 nitrogen and oxygen atoms in total. The molecule has 0 spiro atoms. The Labute approximate surface area is 117 Å². The van der Waals surface area contributed by atoms with Crippen LogP contribution in [0.3, 0.4) is 0 Å². The number of hydrogen-bond acceptors (Lipinski definition) is 4. The second kappa shape index (κ2) is 5.90. The van der Waals surface area contributed by atoms with Gasteiger partial charge < -0.3 is 10.4 Å². The molecular formula is C14H18N2O4. The van der Waals surface area contributed by atoms with Crippen LogP contribution in [0.4, 0.5) is 5.69 Å². The van der Waals surface area contributed by atoms with Gasteiger partial charge in [-0.3, -0.25) is 14.9 Å². The third kappa shape index (κ3) is 2.89. The van der Waals surface area contributed by atoms with Crippen LogP contribution in [0.5, 0.6) is 5.75 Å². The zero-order valence-corrected chi connectivity index (χ0v) is 11.3. The molecule has 2 unspecified atom stereocenters. The molecule has 2 N–H and O–H groups in total. The number of nitro groups is 1. The predicted octanol–water partition coefficient (Wildman–Crippen LogP) is 2.61. The third-order valence-electron chi connectivity index (χ3n) is 3.88. The minimum atomic E-state index is -0.699. The summed E-state index contributed by atoms with van der Waals surface area (Å²) in [5.41, 5.74) is -0.494. The number of amides is 1. The van der Waals surface area contributed by atoms with Crippen molar-refractivity contribution >= 4 is 11.6 Å². The Balaban J connectivity index is 2.17. The summed E-state index contributed by atoms with van der Waals surface area (Å²) in [6, 6.07) is 4.03. The van der Waals surface area contributed by atoms with Gasteiger partial charge in [-0.25, -0.2) is 0 Å². The number of phenols is 1. The number of hydrogen-bond donors (Lipinski definition) is 2. The van der Waals surface area contributed by atoms with Gasteiger partial charge in [0, 0.05) is 12.1 Å². The van der Waals surface area contributed by atoms with Gasteiger partial charge in [0.05, 0.1) is 10.5 Å². The summed E-state index contributed by atoms with van der Waals surface area (Å²) in [4.78, 5) is 22.2. The van der Waals surface area contributed by atoms with Crippen molar-refractivity contribution in [3.05, 3.63) is 33.9 Å². The van der Waals surface area contributed by atoms with Gasteiger partial charge in [0.15, 0.2) is 0 Å². The fourth-order valence-electron chi connectivity index (χ4n) is 2.64. The molecule has 0 aromatic heterocycles. The molecule has 1 aromatic rings. The first-order valence-electron chi connectivity index (χ1n) is 6.78. The Hall–Kier alpha value is -2.11. The molecular weight excluding hydrogens is 260 g/mol. The second-order valence-electron chi connectivity index (χ2n) is 5.27. The molecule has 1 aliphatic rings. The highest BCUT2D eigenvalue weighted by atomic mass is 16.6. The molecule has 0 radical (unpaired) electrons. The van der Waals surface area contributed by atoms with Crippen molar-refractivity contribution < 1.29 is 14.8 Å². The summed E-state index contributed by atoms with van der Waals surface area (Å²) >= 11 is 0. The molecule has 20 heavy (non-hydrogen) atoms. The smallest absolute Gasteiger partial charge is 0.311 e. The first-order chi connectivity index (χ1) is 9.50. The van der Waals surface area contributed by atoms with Gasteiger partial charge in [0.25, 0.3) is 5.91 Å². The van der Waals surface area contributed by atoms with Crippen molar-refractivity contribution in [3.63, 3.8) is 0 Å². The van der Waals surface area contributed by atoms with E-state index >= 15 is 0 Å². The molecule has 1 aromatic carbocycles. The lowest BCUT2D eigenvalue weighted by Crippen LogP contribution is -2.41. The van der Waals surface area contributed by atoms with Gasteiger partial charge >= 0.3 is 5.69 Å². The van der Waals surface area contributed by atoms with Crippen molar-refractivity contribution in [1.82, 2.24) is 5.32 Å². The van der Waals surface area contributed by atoms with Gasteiger partial charge in [-0.05, 0) is 24.8 Å². The minimum Gasteiger partial charge on any atom is -0.502 e. The number of nitro benzene ring substituents is 1. The van der Waals surface area contributed by atoms with E-state index in [9.17, 15) is 20.0 Å². The molecule has 0 bridgehead atoms. The number of benzene rings is 1. The van der Waals surface area contributed by atoms with Crippen LogP contribution in [-0.4, -0.2) is 22.0 Å². The van der Waals surface area contributed by atoms with E-state index in [0.29, 0.717) is 5.92 Å². The maximum absolute atomic E-state index is 12.2. The number of nitrogens with zero attached hydrogens (tertiary/aromatic N) is 1. The van der Waals surface area contributed by atoms with Crippen molar-refractivity contribution in [2.75, 3.05) is 0 Å². The standard InChI is InChI=1S/C14H18N2O4/c1-9-5-2-3-7-11(9)15-14(18)10-6-4-8-12(13(10)17)16(19)20/h4,6,8-9,11,17H,2-3,5,7H2,1H3,(H,15,18). The number of nitrogens with one attached hydrogen (secondary N) is 1. The largest absolute Gasteiger partial charge is 0.502 e. The number of rotatable bonds is 3. The summed E-state index contributed by atoms with van der Waals surface area (Å²) in [5.74, 6) is -0.642. The lowest BCUT2D eigenvalue weighted by atomic mass is 9.86. The monoisotopic (exact) mass is 278 g/mol. The number of para-hydroxylation sites is 1. The number of aromatic hydroxyl groups is 1. The molecule has 1 aliphatic carbocycles. The van der Waals surface area contributed by atoms with Gasteiger partial charge in [0.1, 0.15) is 0 Å². The van der Waals surface area contributed by atoms with Gasteiger partial charge in [-0.15, -0.1) is 0 Å². The van der Waals surface area contributed by atoms with Crippen LogP contribution in [0.15, 0.2) is 18.2 Å². The maximum atomic E-state index is 12.2. The normalized spacial score (nSPS) is 22.2. The molecule has 108 valence electrons. The Bertz CT molecular complexity index is 530. The molecule has 0 saturated heterocycles. The van der Waals surface area contributed by atoms with Gasteiger partial charge in [-0.1, -0.05) is 25.8 Å². The van der Waals surface area contributed by atoms with E-state index in [4.69, 9.17) is 0 Å². The topological polar surface area (TPSA) is 92.5 Å². The average molecular weight is 278 g/mol. The van der Waals surface area contributed by atoms with Crippen molar-refractivity contribution in [1.29, 1.82) is 0 Å². The van der Waals surface area contributed by atoms with Gasteiger partial charge in [-0.2, -0.15) is 0 Å². The Kier molecular flexibility index (Phi) is 4.22. The van der Waals surface area contributed by atoms with E-state index in [0.717, 1.165) is 25.7 Å². The number of carbonyl (C=O) groups is 1. The highest BCUT2D eigenvalue weighted by molar-refractivity contribution is 5.98. The van der Waals surface area contributed by atoms with Crippen LogP contribution in [-0.2, 0) is 0 Å². The van der Waals surface area contributed by atoms with Gasteiger partial charge in [0.2, 0.25) is 5.75 Å². The van der Waals surface area contributed by atoms with E-state index in [2.05, 4.69) is 12.2 Å². The van der Waals surface area contributed by atoms with E-state index in [1.54, 1.807) is 0 Å². The Morgan fingerprint density at radius 2 is 2.10 bits per heavy atom. The summed E-state index contributed by atoms with van der Waals surface area (Å²) in [6.45, 7) is 2.08. The van der Waals surface area contributed by atoms with E-state index < -0.39 is 22.3 Å². The van der Waals surface area contributed by atoms with Crippen LogP contribution in [0.2, 0.25) is 0 Å². The van der Waals surface area contributed by atoms with Crippen LogP contribution < -0.4 is 5.32 Å². The zero-order valence-electron chi connectivity index (χ0n) is 11.3. The predicted molar refractivity (Wildman–Crippen MR) is 73.6 cm³/mol. The highest BCUT2D eigenvalue weighted by Crippen LogP contribution is 2.30. The Morgan fingerprint density at radius 1 is 1.40 bits per heavy atom. The number of phenolic OH excluding ortho intramolecular Hbond substituents is 1. The second-order valence-corrected chi connectivity index (χ2v) is 5.27. The Morgan fingerprint density at radius 3 is 2.75 bits per heavy atom. The number of carbonyl (C=O) groups excluding carboxylic acids is 1. The van der Waals surface area contributed by atoms with E-state index in [1.807, 2.05) is 0 Å².